The summed E-state index contributed by atoms with van der Waals surface area (Å²) in [6, 6.07) is 3.52. The first-order valence-corrected chi connectivity index (χ1v) is 11.0. The van der Waals surface area contributed by atoms with Gasteiger partial charge in [-0.15, -0.1) is 0 Å². The van der Waals surface area contributed by atoms with Crippen molar-refractivity contribution < 1.29 is 23.7 Å². The highest BCUT2D eigenvalue weighted by atomic mass is 35.5. The Kier molecular flexibility index (Phi) is 4.96. The van der Waals surface area contributed by atoms with E-state index in [0.29, 0.717) is 55.6 Å². The predicted octanol–water partition coefficient (Wildman–Crippen LogP) is 4.86. The van der Waals surface area contributed by atoms with Crippen LogP contribution in [0.5, 0.6) is 0 Å². The molecule has 2 heterocycles. The molecule has 0 amide bonds. The fourth-order valence-corrected chi connectivity index (χ4v) is 5.88. The van der Waals surface area contributed by atoms with Gasteiger partial charge in [0.1, 0.15) is 11.9 Å². The van der Waals surface area contributed by atoms with Gasteiger partial charge in [0.2, 0.25) is 0 Å². The lowest BCUT2D eigenvalue weighted by atomic mass is 9.67. The third-order valence-corrected chi connectivity index (χ3v) is 7.81. The predicted molar refractivity (Wildman–Crippen MR) is 103 cm³/mol. The summed E-state index contributed by atoms with van der Waals surface area (Å²) in [7, 11) is 0. The van der Waals surface area contributed by atoms with Gasteiger partial charge in [0.25, 0.3) is 0 Å². The van der Waals surface area contributed by atoms with E-state index in [-0.39, 0.29) is 16.9 Å². The number of hydrogen-bond acceptors (Lipinski definition) is 4. The molecular formula is C22H28ClFO4. The Labute approximate surface area is 170 Å². The molecule has 4 nitrogen and oxygen atoms in total. The first-order chi connectivity index (χ1) is 13.5. The average Bonchev–Trinajstić information content (AvgIpc) is 3.45. The summed E-state index contributed by atoms with van der Waals surface area (Å²) in [4.78, 5) is 0. The number of ether oxygens (including phenoxy) is 3. The molecule has 2 aliphatic heterocycles. The van der Waals surface area contributed by atoms with E-state index in [1.165, 1.54) is 0 Å². The summed E-state index contributed by atoms with van der Waals surface area (Å²) in [6.45, 7) is 2.00. The van der Waals surface area contributed by atoms with Crippen LogP contribution in [0.2, 0.25) is 5.02 Å². The van der Waals surface area contributed by atoms with E-state index in [4.69, 9.17) is 25.8 Å². The standard InChI is InChI=1S/C22H28ClFO4/c23-19-16(18-13-26-18)1-2-17(20(19)24)21(25)7-3-14(4-8-21)15-5-9-22(10-6-15)27-11-12-28-22/h1-2,14-15,18,25H,3-13H2. The van der Waals surface area contributed by atoms with Gasteiger partial charge < -0.3 is 19.3 Å². The molecule has 2 saturated heterocycles. The highest BCUT2D eigenvalue weighted by Crippen LogP contribution is 2.49. The van der Waals surface area contributed by atoms with Gasteiger partial charge in [-0.3, -0.25) is 0 Å². The van der Waals surface area contributed by atoms with Crippen LogP contribution < -0.4 is 0 Å². The Morgan fingerprint density at radius 3 is 2.11 bits per heavy atom. The molecule has 6 heteroatoms. The normalized spacial score (nSPS) is 35.4. The Bertz CT molecular complexity index is 726. The van der Waals surface area contributed by atoms with Gasteiger partial charge >= 0.3 is 0 Å². The summed E-state index contributed by atoms with van der Waals surface area (Å²) >= 11 is 6.23. The van der Waals surface area contributed by atoms with Crippen LogP contribution in [-0.2, 0) is 19.8 Å². The first kappa shape index (κ1) is 19.3. The summed E-state index contributed by atoms with van der Waals surface area (Å²) in [5, 5.41) is 11.3. The van der Waals surface area contributed by atoms with Crippen LogP contribution >= 0.6 is 11.6 Å². The van der Waals surface area contributed by atoms with Gasteiger partial charge in [-0.25, -0.2) is 4.39 Å². The molecule has 2 saturated carbocycles. The van der Waals surface area contributed by atoms with Crippen molar-refractivity contribution in [3.8, 4) is 0 Å². The minimum absolute atomic E-state index is 0.0937. The molecule has 1 unspecified atom stereocenters. The quantitative estimate of drug-likeness (QED) is 0.723. The SMILES string of the molecule is OC1(c2ccc(C3CO3)c(Cl)c2F)CCC(C2CCC3(CC2)OCCO3)CC1. The molecule has 1 aromatic carbocycles. The zero-order valence-corrected chi connectivity index (χ0v) is 16.8. The Balaban J connectivity index is 1.23. The Hall–Kier alpha value is -0.720. The highest BCUT2D eigenvalue weighted by Gasteiger charge is 2.45. The monoisotopic (exact) mass is 410 g/mol. The molecule has 0 bridgehead atoms. The average molecular weight is 411 g/mol. The molecule has 0 aromatic heterocycles. The lowest BCUT2D eigenvalue weighted by Crippen LogP contribution is -2.39. The number of rotatable bonds is 3. The van der Waals surface area contributed by atoms with Crippen molar-refractivity contribution in [3.63, 3.8) is 0 Å². The molecule has 1 aromatic rings. The second-order valence-electron chi connectivity index (χ2n) is 8.97. The number of halogens is 2. The third kappa shape index (κ3) is 3.39. The zero-order chi connectivity index (χ0) is 19.4. The molecule has 1 N–H and O–H groups in total. The molecule has 0 radical (unpaired) electrons. The van der Waals surface area contributed by atoms with Crippen LogP contribution in [0.1, 0.15) is 68.6 Å². The van der Waals surface area contributed by atoms with Gasteiger partial charge in [0, 0.05) is 24.0 Å². The fraction of sp³-hybridized carbons (Fsp3) is 0.727. The van der Waals surface area contributed by atoms with Gasteiger partial charge in [-0.2, -0.15) is 0 Å². The van der Waals surface area contributed by atoms with Crippen LogP contribution in [0.4, 0.5) is 4.39 Å². The molecule has 28 heavy (non-hydrogen) atoms. The molecular weight excluding hydrogens is 383 g/mol. The summed E-state index contributed by atoms with van der Waals surface area (Å²) in [6.07, 6.45) is 7.06. The maximum atomic E-state index is 14.9. The third-order valence-electron chi connectivity index (χ3n) is 7.42. The zero-order valence-electron chi connectivity index (χ0n) is 16.1. The number of benzene rings is 1. The van der Waals surface area contributed by atoms with Crippen molar-refractivity contribution in [2.24, 2.45) is 11.8 Å². The topological polar surface area (TPSA) is 51.2 Å². The summed E-state index contributed by atoms with van der Waals surface area (Å²) in [5.41, 5.74) is -0.0934. The van der Waals surface area contributed by atoms with E-state index >= 15 is 0 Å². The van der Waals surface area contributed by atoms with Crippen molar-refractivity contribution >= 4 is 11.6 Å². The van der Waals surface area contributed by atoms with Crippen LogP contribution in [0.15, 0.2) is 12.1 Å². The maximum absolute atomic E-state index is 14.9. The van der Waals surface area contributed by atoms with Gasteiger partial charge in [0.15, 0.2) is 5.79 Å². The fourth-order valence-electron chi connectivity index (χ4n) is 5.60. The van der Waals surface area contributed by atoms with Crippen molar-refractivity contribution in [2.75, 3.05) is 19.8 Å². The molecule has 4 aliphatic rings. The van der Waals surface area contributed by atoms with Gasteiger partial charge in [-0.05, 0) is 50.4 Å². The van der Waals surface area contributed by atoms with Crippen molar-refractivity contribution in [2.45, 2.75) is 68.9 Å². The van der Waals surface area contributed by atoms with Crippen LogP contribution in [0.3, 0.4) is 0 Å². The minimum Gasteiger partial charge on any atom is -0.385 e. The Morgan fingerprint density at radius 1 is 0.964 bits per heavy atom. The van der Waals surface area contributed by atoms with Gasteiger partial charge in [0.05, 0.1) is 30.4 Å². The molecule has 5 rings (SSSR count). The molecule has 4 fully saturated rings. The molecule has 2 aliphatic carbocycles. The molecule has 1 atom stereocenters. The summed E-state index contributed by atoms with van der Waals surface area (Å²) in [5.74, 6) is 0.423. The van der Waals surface area contributed by atoms with Crippen molar-refractivity contribution in [1.82, 2.24) is 0 Å². The maximum Gasteiger partial charge on any atom is 0.168 e. The van der Waals surface area contributed by atoms with E-state index in [0.717, 1.165) is 38.5 Å². The number of epoxide rings is 1. The van der Waals surface area contributed by atoms with Crippen LogP contribution in [-0.4, -0.2) is 30.7 Å². The van der Waals surface area contributed by atoms with Crippen molar-refractivity contribution in [1.29, 1.82) is 0 Å². The minimum atomic E-state index is -1.12. The number of hydrogen-bond donors (Lipinski definition) is 1. The smallest absolute Gasteiger partial charge is 0.168 e. The first-order valence-electron chi connectivity index (χ1n) is 10.6. The Morgan fingerprint density at radius 2 is 1.54 bits per heavy atom. The lowest BCUT2D eigenvalue weighted by Gasteiger charge is -2.43. The van der Waals surface area contributed by atoms with Crippen molar-refractivity contribution in [3.05, 3.63) is 34.1 Å². The second-order valence-corrected chi connectivity index (χ2v) is 9.34. The van der Waals surface area contributed by atoms with E-state index in [9.17, 15) is 9.50 Å². The lowest BCUT2D eigenvalue weighted by molar-refractivity contribution is -0.186. The van der Waals surface area contributed by atoms with E-state index in [2.05, 4.69) is 0 Å². The van der Waals surface area contributed by atoms with Crippen LogP contribution in [0, 0.1) is 17.7 Å². The molecule has 154 valence electrons. The van der Waals surface area contributed by atoms with E-state index in [1.807, 2.05) is 6.07 Å². The van der Waals surface area contributed by atoms with Gasteiger partial charge in [-0.1, -0.05) is 23.7 Å². The summed E-state index contributed by atoms with van der Waals surface area (Å²) < 4.78 is 31.8. The largest absolute Gasteiger partial charge is 0.385 e. The second kappa shape index (κ2) is 7.21. The van der Waals surface area contributed by atoms with E-state index < -0.39 is 11.4 Å². The number of aliphatic hydroxyl groups is 1. The molecule has 1 spiro atoms. The highest BCUT2D eigenvalue weighted by molar-refractivity contribution is 6.31. The van der Waals surface area contributed by atoms with E-state index in [1.54, 1.807) is 6.07 Å². The van der Waals surface area contributed by atoms with Crippen LogP contribution in [0.25, 0.3) is 0 Å².